The third kappa shape index (κ3) is 2.30. The van der Waals surface area contributed by atoms with Crippen LogP contribution in [0, 0.1) is 0 Å². The van der Waals surface area contributed by atoms with E-state index in [1.165, 1.54) is 11.1 Å². The molecule has 0 radical (unpaired) electrons. The Bertz CT molecular complexity index is 922. The molecule has 102 valence electrons. The molecule has 1 nitrogen and oxygen atoms in total. The zero-order valence-corrected chi connectivity index (χ0v) is 12.1. The summed E-state index contributed by atoms with van der Waals surface area (Å²) >= 11 is 6.02. The zero-order chi connectivity index (χ0) is 14.2. The maximum absolute atomic E-state index is 6.02. The Hall–Kier alpha value is -2.25. The summed E-state index contributed by atoms with van der Waals surface area (Å²) in [5.41, 5.74) is 4.34. The molecule has 0 saturated heterocycles. The lowest BCUT2D eigenvalue weighted by Crippen LogP contribution is -1.86. The van der Waals surface area contributed by atoms with E-state index in [9.17, 15) is 0 Å². The topological polar surface area (TPSA) is 13.1 Å². The Labute approximate surface area is 127 Å². The highest BCUT2D eigenvalue weighted by atomic mass is 35.5. The van der Waals surface area contributed by atoms with Crippen molar-refractivity contribution in [2.75, 3.05) is 0 Å². The first-order valence-corrected chi connectivity index (χ1v) is 7.32. The van der Waals surface area contributed by atoms with Crippen LogP contribution in [0.25, 0.3) is 21.9 Å². The van der Waals surface area contributed by atoms with Gasteiger partial charge in [0.2, 0.25) is 0 Å². The van der Waals surface area contributed by atoms with Crippen LogP contribution in [0.2, 0.25) is 5.02 Å². The van der Waals surface area contributed by atoms with Crippen LogP contribution in [-0.4, -0.2) is 0 Å². The largest absolute Gasteiger partial charge is 0.456 e. The molecule has 4 aromatic rings. The highest BCUT2D eigenvalue weighted by Crippen LogP contribution is 2.31. The van der Waals surface area contributed by atoms with E-state index in [-0.39, 0.29) is 0 Å². The number of furan rings is 1. The van der Waals surface area contributed by atoms with Gasteiger partial charge in [0.1, 0.15) is 11.2 Å². The molecule has 0 saturated carbocycles. The Morgan fingerprint density at radius 2 is 1.57 bits per heavy atom. The molecule has 0 N–H and O–H groups in total. The Morgan fingerprint density at radius 1 is 0.714 bits per heavy atom. The molecule has 0 bridgehead atoms. The van der Waals surface area contributed by atoms with Gasteiger partial charge in [0.05, 0.1) is 0 Å². The van der Waals surface area contributed by atoms with Gasteiger partial charge in [0, 0.05) is 21.9 Å². The fraction of sp³-hybridized carbons (Fsp3) is 0.0526. The second-order valence-electron chi connectivity index (χ2n) is 5.24. The first-order valence-electron chi connectivity index (χ1n) is 6.94. The van der Waals surface area contributed by atoms with Crippen LogP contribution < -0.4 is 0 Å². The smallest absolute Gasteiger partial charge is 0.136 e. The normalized spacial score (nSPS) is 11.3. The van der Waals surface area contributed by atoms with Crippen molar-refractivity contribution in [1.29, 1.82) is 0 Å². The molecule has 0 aliphatic heterocycles. The molecular formula is C19H13ClO. The molecule has 1 heterocycles. The van der Waals surface area contributed by atoms with Crippen molar-refractivity contribution in [2.24, 2.45) is 0 Å². The molecule has 21 heavy (non-hydrogen) atoms. The fourth-order valence-electron chi connectivity index (χ4n) is 2.74. The minimum Gasteiger partial charge on any atom is -0.456 e. The second-order valence-corrected chi connectivity index (χ2v) is 5.67. The number of fused-ring (bicyclic) bond motifs is 3. The molecule has 0 aliphatic carbocycles. The molecule has 2 heteroatoms. The summed E-state index contributed by atoms with van der Waals surface area (Å²) < 4.78 is 5.85. The Morgan fingerprint density at radius 3 is 2.43 bits per heavy atom. The van der Waals surface area contributed by atoms with Crippen molar-refractivity contribution < 1.29 is 4.42 Å². The maximum atomic E-state index is 6.02. The van der Waals surface area contributed by atoms with E-state index >= 15 is 0 Å². The molecule has 0 atom stereocenters. The van der Waals surface area contributed by atoms with Crippen LogP contribution in [-0.2, 0) is 6.42 Å². The summed E-state index contributed by atoms with van der Waals surface area (Å²) in [4.78, 5) is 0. The summed E-state index contributed by atoms with van der Waals surface area (Å²) in [7, 11) is 0. The fourth-order valence-corrected chi connectivity index (χ4v) is 2.90. The lowest BCUT2D eigenvalue weighted by atomic mass is 10.0. The van der Waals surface area contributed by atoms with Gasteiger partial charge in [-0.25, -0.2) is 0 Å². The predicted octanol–water partition coefficient (Wildman–Crippen LogP) is 5.83. The number of benzene rings is 3. The first kappa shape index (κ1) is 12.5. The van der Waals surface area contributed by atoms with E-state index in [2.05, 4.69) is 36.4 Å². The minimum atomic E-state index is 0.700. The van der Waals surface area contributed by atoms with Gasteiger partial charge < -0.3 is 4.42 Å². The molecule has 1 aromatic heterocycles. The number of hydrogen-bond acceptors (Lipinski definition) is 1. The summed E-state index contributed by atoms with van der Waals surface area (Å²) in [5, 5.41) is 2.96. The predicted molar refractivity (Wildman–Crippen MR) is 88.0 cm³/mol. The van der Waals surface area contributed by atoms with Gasteiger partial charge in [0.15, 0.2) is 0 Å². The van der Waals surface area contributed by atoms with Crippen LogP contribution in [0.3, 0.4) is 0 Å². The summed E-state index contributed by atoms with van der Waals surface area (Å²) in [6.07, 6.45) is 0.928. The lowest BCUT2D eigenvalue weighted by molar-refractivity contribution is 0.669. The molecule has 4 rings (SSSR count). The van der Waals surface area contributed by atoms with Crippen LogP contribution >= 0.6 is 11.6 Å². The summed E-state index contributed by atoms with van der Waals surface area (Å²) in [5.74, 6) is 0. The van der Waals surface area contributed by atoms with Gasteiger partial charge in [-0.15, -0.1) is 0 Å². The minimum absolute atomic E-state index is 0.700. The van der Waals surface area contributed by atoms with Gasteiger partial charge in [-0.1, -0.05) is 48.0 Å². The van der Waals surface area contributed by atoms with E-state index in [4.69, 9.17) is 16.0 Å². The molecule has 0 amide bonds. The van der Waals surface area contributed by atoms with Crippen molar-refractivity contribution in [2.45, 2.75) is 6.42 Å². The van der Waals surface area contributed by atoms with Crippen LogP contribution in [0.5, 0.6) is 0 Å². The van der Waals surface area contributed by atoms with E-state index in [1.54, 1.807) is 0 Å². The third-order valence-corrected chi connectivity index (χ3v) is 3.98. The van der Waals surface area contributed by atoms with Crippen molar-refractivity contribution in [3.05, 3.63) is 82.9 Å². The standard InChI is InChI=1S/C19H13ClO/c20-15-7-8-16-17-11-14(10-13-4-2-1-3-5-13)6-9-18(17)21-19(16)12-15/h1-9,11-12H,10H2. The zero-order valence-electron chi connectivity index (χ0n) is 11.3. The highest BCUT2D eigenvalue weighted by Gasteiger charge is 2.08. The van der Waals surface area contributed by atoms with E-state index in [0.29, 0.717) is 5.02 Å². The third-order valence-electron chi connectivity index (χ3n) is 3.75. The summed E-state index contributed by atoms with van der Waals surface area (Å²) in [6.45, 7) is 0. The van der Waals surface area contributed by atoms with Gasteiger partial charge in [0.25, 0.3) is 0 Å². The van der Waals surface area contributed by atoms with Crippen molar-refractivity contribution in [3.63, 3.8) is 0 Å². The number of hydrogen-bond donors (Lipinski definition) is 0. The molecule has 0 unspecified atom stereocenters. The van der Waals surface area contributed by atoms with Crippen LogP contribution in [0.15, 0.2) is 71.1 Å². The number of rotatable bonds is 2. The molecular weight excluding hydrogens is 280 g/mol. The first-order chi connectivity index (χ1) is 10.3. The van der Waals surface area contributed by atoms with Crippen molar-refractivity contribution in [1.82, 2.24) is 0 Å². The Balaban J connectivity index is 1.83. The van der Waals surface area contributed by atoms with Crippen molar-refractivity contribution in [3.8, 4) is 0 Å². The van der Waals surface area contributed by atoms with E-state index < -0.39 is 0 Å². The summed E-state index contributed by atoms with van der Waals surface area (Å²) in [6, 6.07) is 22.7. The molecule has 0 spiro atoms. The Kier molecular flexibility index (Phi) is 2.94. The molecule has 0 aliphatic rings. The molecule has 0 fully saturated rings. The quantitative estimate of drug-likeness (QED) is 0.453. The van der Waals surface area contributed by atoms with E-state index in [0.717, 1.165) is 28.4 Å². The van der Waals surface area contributed by atoms with Gasteiger partial charge >= 0.3 is 0 Å². The SMILES string of the molecule is Clc1ccc2c(c1)oc1ccc(Cc3ccccc3)cc12. The highest BCUT2D eigenvalue weighted by molar-refractivity contribution is 6.31. The van der Waals surface area contributed by atoms with Gasteiger partial charge in [-0.2, -0.15) is 0 Å². The second kappa shape index (κ2) is 4.94. The van der Waals surface area contributed by atoms with Gasteiger partial charge in [-0.3, -0.25) is 0 Å². The van der Waals surface area contributed by atoms with Crippen LogP contribution in [0.1, 0.15) is 11.1 Å². The maximum Gasteiger partial charge on any atom is 0.136 e. The van der Waals surface area contributed by atoms with Crippen molar-refractivity contribution >= 4 is 33.5 Å². The monoisotopic (exact) mass is 292 g/mol. The average Bonchev–Trinajstić information content (AvgIpc) is 2.85. The van der Waals surface area contributed by atoms with E-state index in [1.807, 2.05) is 30.3 Å². The molecule has 3 aromatic carbocycles. The van der Waals surface area contributed by atoms with Gasteiger partial charge in [-0.05, 0) is 41.8 Å². The average molecular weight is 293 g/mol. The van der Waals surface area contributed by atoms with Crippen LogP contribution in [0.4, 0.5) is 0 Å². The number of halogens is 1. The lowest BCUT2D eigenvalue weighted by Gasteiger charge is -2.01.